The zero-order valence-corrected chi connectivity index (χ0v) is 12.1. The number of hydrogen-bond acceptors (Lipinski definition) is 2. The van der Waals surface area contributed by atoms with Crippen LogP contribution in [0, 0.1) is 18.6 Å². The number of halogens is 1. The molecular formula is C14H12ClN3S. The van der Waals surface area contributed by atoms with Crippen LogP contribution in [0.1, 0.15) is 11.1 Å². The summed E-state index contributed by atoms with van der Waals surface area (Å²) in [6.45, 7) is 4.00. The van der Waals surface area contributed by atoms with Crippen LogP contribution >= 0.6 is 23.8 Å². The smallest absolute Gasteiger partial charge is 0.184 e. The van der Waals surface area contributed by atoms with Crippen molar-refractivity contribution in [2.75, 3.05) is 0 Å². The summed E-state index contributed by atoms with van der Waals surface area (Å²) >= 11 is 11.6. The number of aromatic amines is 1. The Kier molecular flexibility index (Phi) is 2.92. The minimum absolute atomic E-state index is 0.622. The SMILES string of the molecule is Cc1ccc(-n2c(=S)[nH]c3c(C)ccnc32)cc1Cl. The minimum Gasteiger partial charge on any atom is -0.329 e. The van der Waals surface area contributed by atoms with E-state index in [1.54, 1.807) is 6.20 Å². The van der Waals surface area contributed by atoms with Gasteiger partial charge in [-0.15, -0.1) is 0 Å². The van der Waals surface area contributed by atoms with E-state index in [1.165, 1.54) is 0 Å². The van der Waals surface area contributed by atoms with Gasteiger partial charge in [-0.05, 0) is 55.4 Å². The van der Waals surface area contributed by atoms with Crippen LogP contribution < -0.4 is 0 Å². The van der Waals surface area contributed by atoms with Gasteiger partial charge < -0.3 is 4.98 Å². The topological polar surface area (TPSA) is 33.6 Å². The zero-order valence-electron chi connectivity index (χ0n) is 10.6. The number of rotatable bonds is 1. The van der Waals surface area contributed by atoms with Gasteiger partial charge in [-0.2, -0.15) is 0 Å². The highest BCUT2D eigenvalue weighted by molar-refractivity contribution is 7.71. The standard InChI is InChI=1S/C14H12ClN3S/c1-8-3-4-10(7-11(8)15)18-13-12(17-14(18)19)9(2)5-6-16-13/h3-7H,1-2H3,(H,17,19). The summed E-state index contributed by atoms with van der Waals surface area (Å²) in [5.74, 6) is 0. The highest BCUT2D eigenvalue weighted by Crippen LogP contribution is 2.24. The normalized spacial score (nSPS) is 11.1. The molecule has 0 fully saturated rings. The number of H-pyrrole nitrogens is 1. The second-order valence-corrected chi connectivity index (χ2v) is 5.32. The van der Waals surface area contributed by atoms with Crippen molar-refractivity contribution < 1.29 is 0 Å². The molecule has 19 heavy (non-hydrogen) atoms. The lowest BCUT2D eigenvalue weighted by Gasteiger charge is -2.06. The number of fused-ring (bicyclic) bond motifs is 1. The summed E-state index contributed by atoms with van der Waals surface area (Å²) in [6.07, 6.45) is 1.78. The van der Waals surface area contributed by atoms with E-state index in [9.17, 15) is 0 Å². The predicted octanol–water partition coefficient (Wildman–Crippen LogP) is 4.35. The van der Waals surface area contributed by atoms with E-state index < -0.39 is 0 Å². The first-order chi connectivity index (χ1) is 9.08. The maximum absolute atomic E-state index is 6.19. The van der Waals surface area contributed by atoms with Gasteiger partial charge >= 0.3 is 0 Å². The van der Waals surface area contributed by atoms with Gasteiger partial charge in [0.2, 0.25) is 0 Å². The number of aryl methyl sites for hydroxylation is 2. The number of imidazole rings is 1. The molecular weight excluding hydrogens is 278 g/mol. The molecule has 0 atom stereocenters. The Morgan fingerprint density at radius 2 is 2.00 bits per heavy atom. The molecule has 3 aromatic rings. The van der Waals surface area contributed by atoms with Gasteiger partial charge in [-0.25, -0.2) is 4.98 Å². The molecule has 0 aliphatic heterocycles. The van der Waals surface area contributed by atoms with E-state index in [4.69, 9.17) is 23.8 Å². The van der Waals surface area contributed by atoms with Gasteiger partial charge in [0.1, 0.15) is 0 Å². The molecule has 0 aliphatic carbocycles. The van der Waals surface area contributed by atoms with Crippen LogP contribution in [-0.2, 0) is 0 Å². The monoisotopic (exact) mass is 289 g/mol. The first kappa shape index (κ1) is 12.4. The van der Waals surface area contributed by atoms with Gasteiger partial charge in [0.15, 0.2) is 10.4 Å². The average molecular weight is 290 g/mol. The Labute approximate surface area is 120 Å². The van der Waals surface area contributed by atoms with Crippen molar-refractivity contribution in [1.29, 1.82) is 0 Å². The van der Waals surface area contributed by atoms with Crippen LogP contribution in [0.5, 0.6) is 0 Å². The van der Waals surface area contributed by atoms with Gasteiger partial charge in [-0.1, -0.05) is 17.7 Å². The molecule has 1 N–H and O–H groups in total. The van der Waals surface area contributed by atoms with Gasteiger partial charge in [0, 0.05) is 11.2 Å². The number of nitrogens with one attached hydrogen (secondary N) is 1. The maximum Gasteiger partial charge on any atom is 0.184 e. The molecule has 0 amide bonds. The van der Waals surface area contributed by atoms with Crippen LogP contribution in [0.2, 0.25) is 5.02 Å². The van der Waals surface area contributed by atoms with E-state index in [-0.39, 0.29) is 0 Å². The van der Waals surface area contributed by atoms with Gasteiger partial charge in [-0.3, -0.25) is 4.57 Å². The molecule has 0 saturated carbocycles. The van der Waals surface area contributed by atoms with Crippen LogP contribution in [0.15, 0.2) is 30.5 Å². The zero-order chi connectivity index (χ0) is 13.6. The summed E-state index contributed by atoms with van der Waals surface area (Å²) in [7, 11) is 0. The summed E-state index contributed by atoms with van der Waals surface area (Å²) < 4.78 is 2.53. The summed E-state index contributed by atoms with van der Waals surface area (Å²) in [4.78, 5) is 7.61. The molecule has 2 aromatic heterocycles. The van der Waals surface area contributed by atoms with E-state index in [2.05, 4.69) is 9.97 Å². The molecule has 3 rings (SSSR count). The Bertz CT molecular complexity index is 832. The average Bonchev–Trinajstić information content (AvgIpc) is 2.71. The third kappa shape index (κ3) is 1.97. The van der Waals surface area contributed by atoms with Crippen molar-refractivity contribution in [2.24, 2.45) is 0 Å². The molecule has 0 unspecified atom stereocenters. The van der Waals surface area contributed by atoms with E-state index >= 15 is 0 Å². The lowest BCUT2D eigenvalue weighted by molar-refractivity contribution is 1.04. The second kappa shape index (κ2) is 4.47. The predicted molar refractivity (Wildman–Crippen MR) is 80.7 cm³/mol. The van der Waals surface area contributed by atoms with Gasteiger partial charge in [0.05, 0.1) is 11.2 Å². The first-order valence-electron chi connectivity index (χ1n) is 5.91. The molecule has 3 nitrogen and oxygen atoms in total. The Balaban J connectivity index is 2.36. The lowest BCUT2D eigenvalue weighted by Crippen LogP contribution is -1.96. The van der Waals surface area contributed by atoms with Crippen LogP contribution in [0.25, 0.3) is 16.9 Å². The molecule has 0 saturated heterocycles. The fourth-order valence-corrected chi connectivity index (χ4v) is 2.56. The summed E-state index contributed by atoms with van der Waals surface area (Å²) in [5.41, 5.74) is 4.87. The Morgan fingerprint density at radius 3 is 2.74 bits per heavy atom. The Hall–Kier alpha value is -1.65. The fourth-order valence-electron chi connectivity index (χ4n) is 2.09. The molecule has 1 aromatic carbocycles. The Morgan fingerprint density at radius 1 is 1.21 bits per heavy atom. The molecule has 0 bridgehead atoms. The number of pyridine rings is 1. The van der Waals surface area contributed by atoms with Crippen molar-refractivity contribution in [1.82, 2.24) is 14.5 Å². The lowest BCUT2D eigenvalue weighted by atomic mass is 10.2. The molecule has 0 radical (unpaired) electrons. The molecule has 0 aliphatic rings. The third-order valence-electron chi connectivity index (χ3n) is 3.20. The van der Waals surface area contributed by atoms with Crippen LogP contribution in [0.3, 0.4) is 0 Å². The molecule has 96 valence electrons. The second-order valence-electron chi connectivity index (χ2n) is 4.53. The molecule has 0 spiro atoms. The van der Waals surface area contributed by atoms with Crippen molar-refractivity contribution in [3.05, 3.63) is 51.4 Å². The van der Waals surface area contributed by atoms with Crippen molar-refractivity contribution in [3.63, 3.8) is 0 Å². The minimum atomic E-state index is 0.622. The van der Waals surface area contributed by atoms with E-state index in [1.807, 2.05) is 42.7 Å². The largest absolute Gasteiger partial charge is 0.329 e. The molecule has 5 heteroatoms. The van der Waals surface area contributed by atoms with E-state index in [0.717, 1.165) is 33.0 Å². The number of nitrogens with zero attached hydrogens (tertiary/aromatic N) is 2. The highest BCUT2D eigenvalue weighted by Gasteiger charge is 2.10. The van der Waals surface area contributed by atoms with Gasteiger partial charge in [0.25, 0.3) is 0 Å². The third-order valence-corrected chi connectivity index (χ3v) is 3.89. The number of aromatic nitrogens is 3. The van der Waals surface area contributed by atoms with Crippen molar-refractivity contribution in [3.8, 4) is 5.69 Å². The van der Waals surface area contributed by atoms with Crippen LogP contribution in [-0.4, -0.2) is 14.5 Å². The summed E-state index contributed by atoms with van der Waals surface area (Å²) in [5, 5.41) is 0.724. The van der Waals surface area contributed by atoms with Crippen molar-refractivity contribution in [2.45, 2.75) is 13.8 Å². The van der Waals surface area contributed by atoms with Crippen molar-refractivity contribution >= 4 is 35.0 Å². The van der Waals surface area contributed by atoms with Crippen LogP contribution in [0.4, 0.5) is 0 Å². The fraction of sp³-hybridized carbons (Fsp3) is 0.143. The highest BCUT2D eigenvalue weighted by atomic mass is 35.5. The molecule has 2 heterocycles. The quantitative estimate of drug-likeness (QED) is 0.676. The number of hydrogen-bond donors (Lipinski definition) is 1. The summed E-state index contributed by atoms with van der Waals surface area (Å²) in [6, 6.07) is 7.84. The maximum atomic E-state index is 6.19. The first-order valence-corrected chi connectivity index (χ1v) is 6.69. The number of benzene rings is 1. The van der Waals surface area contributed by atoms with E-state index in [0.29, 0.717) is 4.77 Å².